The number of nitrogens with one attached hydrogen (secondary N) is 1. The number of unbranched alkanes of at least 4 members (excludes halogenated alkanes) is 2. The maximum absolute atomic E-state index is 11.1. The second-order valence-corrected chi connectivity index (χ2v) is 5.26. The molecule has 1 rings (SSSR count). The van der Waals surface area contributed by atoms with E-state index in [4.69, 9.17) is 10.00 Å². The molecule has 0 saturated carbocycles. The number of anilines is 1. The quantitative estimate of drug-likeness (QED) is 0.577. The topological polar surface area (TPSA) is 62.1 Å². The summed E-state index contributed by atoms with van der Waals surface area (Å²) in [4.78, 5) is 11.1. The lowest BCUT2D eigenvalue weighted by Gasteiger charge is -2.08. The predicted octanol–water partition coefficient (Wildman–Crippen LogP) is 3.86. The van der Waals surface area contributed by atoms with E-state index in [1.807, 2.05) is 19.1 Å². The molecule has 20 heavy (non-hydrogen) atoms. The van der Waals surface area contributed by atoms with E-state index in [0.29, 0.717) is 18.6 Å². The van der Waals surface area contributed by atoms with Crippen LogP contribution in [-0.4, -0.2) is 19.1 Å². The molecule has 0 spiro atoms. The highest BCUT2D eigenvalue weighted by Gasteiger charge is 2.03. The highest BCUT2D eigenvalue weighted by atomic mass is 79.9. The van der Waals surface area contributed by atoms with Crippen molar-refractivity contribution in [2.45, 2.75) is 32.6 Å². The van der Waals surface area contributed by atoms with Gasteiger partial charge in [0.15, 0.2) is 0 Å². The van der Waals surface area contributed by atoms with E-state index >= 15 is 0 Å². The Hall–Kier alpha value is -1.54. The summed E-state index contributed by atoms with van der Waals surface area (Å²) in [5, 5.41) is 12.3. The van der Waals surface area contributed by atoms with Crippen LogP contribution in [0, 0.1) is 11.3 Å². The Balaban J connectivity index is 2.23. The third kappa shape index (κ3) is 6.07. The maximum atomic E-state index is 11.1. The van der Waals surface area contributed by atoms with Crippen LogP contribution in [0.5, 0.6) is 0 Å². The fourth-order valence-corrected chi connectivity index (χ4v) is 2.15. The van der Waals surface area contributed by atoms with Crippen molar-refractivity contribution in [2.75, 3.05) is 18.5 Å². The number of nitriles is 1. The molecule has 0 saturated heterocycles. The number of benzene rings is 1. The van der Waals surface area contributed by atoms with Crippen molar-refractivity contribution in [2.24, 2.45) is 0 Å². The first kappa shape index (κ1) is 16.5. The molecule has 0 aliphatic carbocycles. The van der Waals surface area contributed by atoms with Gasteiger partial charge in [0.1, 0.15) is 6.07 Å². The van der Waals surface area contributed by atoms with Crippen LogP contribution in [0.2, 0.25) is 0 Å². The zero-order chi connectivity index (χ0) is 14.8. The van der Waals surface area contributed by atoms with E-state index in [9.17, 15) is 4.79 Å². The molecular formula is C15H19BrN2O2. The number of halogens is 1. The van der Waals surface area contributed by atoms with Crippen LogP contribution in [0.3, 0.4) is 0 Å². The number of carbonyl (C=O) groups is 1. The summed E-state index contributed by atoms with van der Waals surface area (Å²) in [5.74, 6) is -0.126. The molecule has 108 valence electrons. The second-order valence-electron chi connectivity index (χ2n) is 4.34. The largest absolute Gasteiger partial charge is 0.466 e. The maximum Gasteiger partial charge on any atom is 0.305 e. The standard InChI is InChI=1S/C15H19BrN2O2/c1-2-20-15(19)6-4-3-5-9-18-14-10-13(16)8-7-12(14)11-17/h7-8,10,18H,2-6,9H2,1H3. The van der Waals surface area contributed by atoms with Crippen molar-refractivity contribution >= 4 is 27.6 Å². The lowest BCUT2D eigenvalue weighted by atomic mass is 10.1. The van der Waals surface area contributed by atoms with Gasteiger partial charge >= 0.3 is 5.97 Å². The Morgan fingerprint density at radius 1 is 1.40 bits per heavy atom. The first-order chi connectivity index (χ1) is 9.67. The van der Waals surface area contributed by atoms with Gasteiger partial charge in [0.05, 0.1) is 17.9 Å². The number of nitrogens with zero attached hydrogens (tertiary/aromatic N) is 1. The predicted molar refractivity (Wildman–Crippen MR) is 82.4 cm³/mol. The summed E-state index contributed by atoms with van der Waals surface area (Å²) in [6.07, 6.45) is 3.23. The molecule has 0 atom stereocenters. The zero-order valence-corrected chi connectivity index (χ0v) is 13.2. The van der Waals surface area contributed by atoms with Crippen molar-refractivity contribution in [1.82, 2.24) is 0 Å². The second kappa shape index (κ2) is 9.38. The molecule has 0 aromatic heterocycles. The first-order valence-corrected chi connectivity index (χ1v) is 7.55. The molecule has 1 aromatic carbocycles. The zero-order valence-electron chi connectivity index (χ0n) is 11.6. The summed E-state index contributed by atoms with van der Waals surface area (Å²) >= 11 is 3.39. The Labute approximate surface area is 128 Å². The minimum atomic E-state index is -0.126. The molecule has 1 aromatic rings. The first-order valence-electron chi connectivity index (χ1n) is 6.76. The third-order valence-corrected chi connectivity index (χ3v) is 3.27. The minimum Gasteiger partial charge on any atom is -0.466 e. The summed E-state index contributed by atoms with van der Waals surface area (Å²) in [5.41, 5.74) is 1.48. The fourth-order valence-electron chi connectivity index (χ4n) is 1.79. The van der Waals surface area contributed by atoms with Gasteiger partial charge in [0.25, 0.3) is 0 Å². The van der Waals surface area contributed by atoms with Gasteiger partial charge in [-0.15, -0.1) is 0 Å². The lowest BCUT2D eigenvalue weighted by Crippen LogP contribution is -2.05. The van der Waals surface area contributed by atoms with Crippen molar-refractivity contribution in [3.8, 4) is 6.07 Å². The molecular weight excluding hydrogens is 320 g/mol. The number of esters is 1. The molecule has 5 heteroatoms. The lowest BCUT2D eigenvalue weighted by molar-refractivity contribution is -0.143. The van der Waals surface area contributed by atoms with Crippen LogP contribution in [0.4, 0.5) is 5.69 Å². The molecule has 0 aliphatic heterocycles. The van der Waals surface area contributed by atoms with Gasteiger partial charge in [0.2, 0.25) is 0 Å². The van der Waals surface area contributed by atoms with E-state index in [-0.39, 0.29) is 5.97 Å². The molecule has 4 nitrogen and oxygen atoms in total. The van der Waals surface area contributed by atoms with Crippen molar-refractivity contribution < 1.29 is 9.53 Å². The highest BCUT2D eigenvalue weighted by molar-refractivity contribution is 9.10. The Kier molecular flexibility index (Phi) is 7.74. The van der Waals surface area contributed by atoms with Gasteiger partial charge < -0.3 is 10.1 Å². The Morgan fingerprint density at radius 2 is 2.20 bits per heavy atom. The number of hydrogen-bond donors (Lipinski definition) is 1. The third-order valence-electron chi connectivity index (χ3n) is 2.78. The van der Waals surface area contributed by atoms with Gasteiger partial charge in [-0.1, -0.05) is 22.4 Å². The van der Waals surface area contributed by atoms with E-state index in [2.05, 4.69) is 27.3 Å². The number of ether oxygens (including phenoxy) is 1. The van der Waals surface area contributed by atoms with Crippen molar-refractivity contribution in [3.63, 3.8) is 0 Å². The van der Waals surface area contributed by atoms with Crippen molar-refractivity contribution in [3.05, 3.63) is 28.2 Å². The molecule has 0 aliphatic rings. The smallest absolute Gasteiger partial charge is 0.305 e. The van der Waals surface area contributed by atoms with E-state index in [0.717, 1.165) is 36.0 Å². The van der Waals surface area contributed by atoms with E-state index < -0.39 is 0 Å². The summed E-state index contributed by atoms with van der Waals surface area (Å²) < 4.78 is 5.81. The average Bonchev–Trinajstić information content (AvgIpc) is 2.43. The van der Waals surface area contributed by atoms with E-state index in [1.54, 1.807) is 6.07 Å². The van der Waals surface area contributed by atoms with Crippen LogP contribution >= 0.6 is 15.9 Å². The van der Waals surface area contributed by atoms with Gasteiger partial charge in [0, 0.05) is 17.4 Å². The molecule has 0 radical (unpaired) electrons. The van der Waals surface area contributed by atoms with Crippen molar-refractivity contribution in [1.29, 1.82) is 5.26 Å². The Bertz CT molecular complexity index is 483. The van der Waals surface area contributed by atoms with Crippen LogP contribution in [0.25, 0.3) is 0 Å². The molecule has 0 heterocycles. The molecule has 0 amide bonds. The average molecular weight is 339 g/mol. The number of carbonyl (C=O) groups excluding carboxylic acids is 1. The molecule has 0 unspecified atom stereocenters. The van der Waals surface area contributed by atoms with Crippen LogP contribution < -0.4 is 5.32 Å². The monoisotopic (exact) mass is 338 g/mol. The summed E-state index contributed by atoms with van der Waals surface area (Å²) in [7, 11) is 0. The molecule has 0 bridgehead atoms. The van der Waals surface area contributed by atoms with E-state index in [1.165, 1.54) is 0 Å². The fraction of sp³-hybridized carbons (Fsp3) is 0.467. The van der Waals surface area contributed by atoms with Gasteiger partial charge in [-0.05, 0) is 38.0 Å². The normalized spacial score (nSPS) is 9.85. The summed E-state index contributed by atoms with van der Waals surface area (Å²) in [6, 6.07) is 7.69. The SMILES string of the molecule is CCOC(=O)CCCCCNc1cc(Br)ccc1C#N. The van der Waals surface area contributed by atoms with Crippen LogP contribution in [0.1, 0.15) is 38.2 Å². The van der Waals surface area contributed by atoms with Gasteiger partial charge in [-0.2, -0.15) is 5.26 Å². The molecule has 1 N–H and O–H groups in total. The van der Waals surface area contributed by atoms with Crippen LogP contribution in [-0.2, 0) is 9.53 Å². The number of hydrogen-bond acceptors (Lipinski definition) is 4. The number of rotatable bonds is 8. The van der Waals surface area contributed by atoms with Crippen LogP contribution in [0.15, 0.2) is 22.7 Å². The minimum absolute atomic E-state index is 0.126. The highest BCUT2D eigenvalue weighted by Crippen LogP contribution is 2.20. The van der Waals surface area contributed by atoms with Gasteiger partial charge in [-0.3, -0.25) is 4.79 Å². The molecule has 0 fully saturated rings. The Morgan fingerprint density at radius 3 is 2.90 bits per heavy atom. The summed E-state index contributed by atoms with van der Waals surface area (Å²) in [6.45, 7) is 3.04. The van der Waals surface area contributed by atoms with Gasteiger partial charge in [-0.25, -0.2) is 0 Å².